The summed E-state index contributed by atoms with van der Waals surface area (Å²) in [5, 5.41) is 51.8. The predicted molar refractivity (Wildman–Crippen MR) is 89.6 cm³/mol. The molecule has 3 rings (SSSR count). The highest BCUT2D eigenvalue weighted by molar-refractivity contribution is 6.27. The number of rotatable bonds is 7. The van der Waals surface area contributed by atoms with Crippen LogP contribution in [0.5, 0.6) is 0 Å². The lowest BCUT2D eigenvalue weighted by Gasteiger charge is -2.42. The summed E-state index contributed by atoms with van der Waals surface area (Å²) in [6.07, 6.45) is -5.38. The zero-order valence-electron chi connectivity index (χ0n) is 13.6. The fourth-order valence-corrected chi connectivity index (χ4v) is 4.99. The standard InChI is InChI=1S/C15H23Cl3O7/c1-2-7-15(18)8(10(15)20)9(19)11(24-7)25-14(23,5-17)12(21)13(22)3-6(13)4-16/h6-12,19-23H,2-5H2,1H3/t6-,7?,8?,9?,10?,11-,12?,13?,14+,15-/m1/s1. The fraction of sp³-hybridized carbons (Fsp3) is 1.00. The molecule has 0 aromatic rings. The Morgan fingerprint density at radius 1 is 1.36 bits per heavy atom. The molecule has 0 aromatic carbocycles. The quantitative estimate of drug-likeness (QED) is 0.284. The second-order valence-corrected chi connectivity index (χ2v) is 8.47. The molecule has 0 bridgehead atoms. The van der Waals surface area contributed by atoms with Gasteiger partial charge in [-0.2, -0.15) is 0 Å². The summed E-state index contributed by atoms with van der Waals surface area (Å²) in [5.41, 5.74) is -1.62. The molecular weight excluding hydrogens is 399 g/mol. The van der Waals surface area contributed by atoms with Gasteiger partial charge in [0.05, 0.1) is 18.1 Å². The molecule has 7 nitrogen and oxygen atoms in total. The van der Waals surface area contributed by atoms with Gasteiger partial charge in [0.2, 0.25) is 5.79 Å². The van der Waals surface area contributed by atoms with Crippen LogP contribution >= 0.6 is 34.8 Å². The molecule has 25 heavy (non-hydrogen) atoms. The monoisotopic (exact) mass is 420 g/mol. The molecule has 2 saturated carbocycles. The van der Waals surface area contributed by atoms with Crippen molar-refractivity contribution in [2.24, 2.45) is 11.8 Å². The topological polar surface area (TPSA) is 120 Å². The van der Waals surface area contributed by atoms with E-state index in [2.05, 4.69) is 0 Å². The Balaban J connectivity index is 1.75. The molecule has 5 N–H and O–H groups in total. The SMILES string of the molecule is CCC1O[C@H](O[C@@](O)(CCl)C(O)C2(O)C[C@@H]2CCl)C(O)C2C(O)[C@@]12Cl. The van der Waals surface area contributed by atoms with Gasteiger partial charge in [-0.15, -0.1) is 34.8 Å². The average molecular weight is 422 g/mol. The zero-order valence-corrected chi connectivity index (χ0v) is 15.8. The lowest BCUT2D eigenvalue weighted by molar-refractivity contribution is -0.357. The van der Waals surface area contributed by atoms with Gasteiger partial charge in [-0.3, -0.25) is 0 Å². The van der Waals surface area contributed by atoms with E-state index < -0.39 is 64.7 Å². The van der Waals surface area contributed by atoms with Crippen LogP contribution in [0, 0.1) is 11.8 Å². The molecule has 146 valence electrons. The molecule has 3 fully saturated rings. The Bertz CT molecular complexity index is 523. The van der Waals surface area contributed by atoms with Crippen molar-refractivity contribution in [3.63, 3.8) is 0 Å². The van der Waals surface area contributed by atoms with E-state index in [4.69, 9.17) is 44.3 Å². The van der Waals surface area contributed by atoms with Crippen LogP contribution in [0.25, 0.3) is 0 Å². The van der Waals surface area contributed by atoms with Crippen molar-refractivity contribution in [3.05, 3.63) is 0 Å². The number of aliphatic hydroxyl groups is 5. The van der Waals surface area contributed by atoms with Crippen LogP contribution in [-0.4, -0.2) is 84.3 Å². The molecule has 6 unspecified atom stereocenters. The van der Waals surface area contributed by atoms with Gasteiger partial charge < -0.3 is 35.0 Å². The summed E-state index contributed by atoms with van der Waals surface area (Å²) in [5.74, 6) is -3.92. The van der Waals surface area contributed by atoms with Crippen LogP contribution in [0.1, 0.15) is 19.8 Å². The van der Waals surface area contributed by atoms with E-state index in [0.717, 1.165) is 0 Å². The fourth-order valence-electron chi connectivity index (χ4n) is 3.88. The van der Waals surface area contributed by atoms with Crippen LogP contribution in [0.2, 0.25) is 0 Å². The highest BCUT2D eigenvalue weighted by Gasteiger charge is 2.75. The van der Waals surface area contributed by atoms with E-state index >= 15 is 0 Å². The first-order valence-corrected chi connectivity index (χ1v) is 9.67. The molecule has 1 heterocycles. The molecule has 3 aliphatic rings. The van der Waals surface area contributed by atoms with Gasteiger partial charge in [-0.25, -0.2) is 0 Å². The molecule has 0 amide bonds. The molecule has 2 aliphatic carbocycles. The van der Waals surface area contributed by atoms with Crippen molar-refractivity contribution in [2.45, 2.75) is 66.7 Å². The lowest BCUT2D eigenvalue weighted by atomic mass is 10.0. The van der Waals surface area contributed by atoms with Crippen molar-refractivity contribution < 1.29 is 35.0 Å². The predicted octanol–water partition coefficient (Wildman–Crippen LogP) is -0.255. The molecule has 10 atom stereocenters. The highest BCUT2D eigenvalue weighted by atomic mass is 35.5. The number of alkyl halides is 3. The van der Waals surface area contributed by atoms with Crippen LogP contribution in [0.3, 0.4) is 0 Å². The van der Waals surface area contributed by atoms with E-state index in [1.165, 1.54) is 0 Å². The minimum Gasteiger partial charge on any atom is -0.391 e. The second kappa shape index (κ2) is 6.58. The van der Waals surface area contributed by atoms with Gasteiger partial charge in [0.25, 0.3) is 0 Å². The molecule has 1 aliphatic heterocycles. The Morgan fingerprint density at radius 3 is 2.48 bits per heavy atom. The third-order valence-electron chi connectivity index (χ3n) is 5.72. The maximum Gasteiger partial charge on any atom is 0.211 e. The van der Waals surface area contributed by atoms with Crippen molar-refractivity contribution in [2.75, 3.05) is 11.8 Å². The van der Waals surface area contributed by atoms with Crippen molar-refractivity contribution in [1.29, 1.82) is 0 Å². The Hall–Kier alpha value is 0.590. The Morgan fingerprint density at radius 2 is 2.00 bits per heavy atom. The molecule has 0 radical (unpaired) electrons. The van der Waals surface area contributed by atoms with Crippen LogP contribution in [0.4, 0.5) is 0 Å². The van der Waals surface area contributed by atoms with E-state index in [0.29, 0.717) is 6.42 Å². The van der Waals surface area contributed by atoms with Crippen LogP contribution < -0.4 is 0 Å². The van der Waals surface area contributed by atoms with Crippen molar-refractivity contribution in [3.8, 4) is 0 Å². The molecule has 0 spiro atoms. The van der Waals surface area contributed by atoms with Gasteiger partial charge in [-0.05, 0) is 12.8 Å². The largest absolute Gasteiger partial charge is 0.391 e. The number of halogens is 3. The smallest absolute Gasteiger partial charge is 0.211 e. The van der Waals surface area contributed by atoms with Gasteiger partial charge in [0.1, 0.15) is 22.7 Å². The first-order valence-electron chi connectivity index (χ1n) is 8.23. The van der Waals surface area contributed by atoms with Crippen molar-refractivity contribution in [1.82, 2.24) is 0 Å². The van der Waals surface area contributed by atoms with Crippen LogP contribution in [0.15, 0.2) is 0 Å². The minimum atomic E-state index is -2.37. The first kappa shape index (κ1) is 20.3. The van der Waals surface area contributed by atoms with Crippen LogP contribution in [-0.2, 0) is 9.47 Å². The van der Waals surface area contributed by atoms with Gasteiger partial charge >= 0.3 is 0 Å². The van der Waals surface area contributed by atoms with Crippen molar-refractivity contribution >= 4 is 34.8 Å². The minimum absolute atomic E-state index is 0.107. The third kappa shape index (κ3) is 2.92. The molecule has 0 aromatic heterocycles. The zero-order chi connectivity index (χ0) is 18.8. The summed E-state index contributed by atoms with van der Waals surface area (Å²) in [6.45, 7) is 1.80. The van der Waals surface area contributed by atoms with E-state index in [-0.39, 0.29) is 12.3 Å². The van der Waals surface area contributed by atoms with Gasteiger partial charge in [0.15, 0.2) is 6.29 Å². The number of aliphatic hydroxyl groups excluding tert-OH is 3. The maximum absolute atomic E-state index is 10.6. The molecular formula is C15H23Cl3O7. The highest BCUT2D eigenvalue weighted by Crippen LogP contribution is 2.60. The lowest BCUT2D eigenvalue weighted by Crippen LogP contribution is -2.59. The normalized spacial score (nSPS) is 52.2. The molecule has 10 heteroatoms. The Labute approximate surface area is 160 Å². The second-order valence-electron chi connectivity index (χ2n) is 7.24. The first-order chi connectivity index (χ1) is 11.6. The van der Waals surface area contributed by atoms with Gasteiger partial charge in [0, 0.05) is 17.7 Å². The van der Waals surface area contributed by atoms with E-state index in [9.17, 15) is 25.5 Å². The summed E-state index contributed by atoms with van der Waals surface area (Å²) < 4.78 is 11.0. The van der Waals surface area contributed by atoms with E-state index in [1.807, 2.05) is 0 Å². The average Bonchev–Trinajstić information content (AvgIpc) is 3.43. The number of hydrogen-bond donors (Lipinski definition) is 5. The number of fused-ring (bicyclic) bond motifs is 1. The summed E-state index contributed by atoms with van der Waals surface area (Å²) in [4.78, 5) is -1.09. The number of hydrogen-bond acceptors (Lipinski definition) is 7. The maximum atomic E-state index is 10.6. The molecule has 1 saturated heterocycles. The summed E-state index contributed by atoms with van der Waals surface area (Å²) in [6, 6.07) is 0. The van der Waals surface area contributed by atoms with Gasteiger partial charge in [-0.1, -0.05) is 6.92 Å². The Kier molecular flexibility index (Phi) is 5.35. The number of ether oxygens (including phenoxy) is 2. The summed E-state index contributed by atoms with van der Waals surface area (Å²) in [7, 11) is 0. The van der Waals surface area contributed by atoms with E-state index in [1.54, 1.807) is 6.92 Å². The third-order valence-corrected chi connectivity index (χ3v) is 7.20. The summed E-state index contributed by atoms with van der Waals surface area (Å²) >= 11 is 17.8.